The van der Waals surface area contributed by atoms with E-state index in [-0.39, 0.29) is 35.5 Å². The number of methoxy groups -OCH3 is 1. The summed E-state index contributed by atoms with van der Waals surface area (Å²) in [7, 11) is -2.08. The molecule has 32 heavy (non-hydrogen) atoms. The number of hydrogen-bond acceptors (Lipinski definition) is 5. The fraction of sp³-hybridized carbons (Fsp3) is 0.435. The lowest BCUT2D eigenvalue weighted by Crippen LogP contribution is -2.58. The van der Waals surface area contributed by atoms with Crippen LogP contribution in [-0.4, -0.2) is 51.0 Å². The van der Waals surface area contributed by atoms with Crippen molar-refractivity contribution in [1.82, 2.24) is 9.62 Å². The third kappa shape index (κ3) is 5.26. The van der Waals surface area contributed by atoms with Crippen LogP contribution in [0.5, 0.6) is 5.75 Å². The molecule has 0 aliphatic carbocycles. The van der Waals surface area contributed by atoms with E-state index in [0.29, 0.717) is 29.3 Å². The molecule has 2 aromatic rings. The minimum Gasteiger partial charge on any atom is -0.497 e. The Morgan fingerprint density at radius 2 is 1.75 bits per heavy atom. The van der Waals surface area contributed by atoms with Gasteiger partial charge in [-0.05, 0) is 62.1 Å². The van der Waals surface area contributed by atoms with E-state index in [2.05, 4.69) is 14.9 Å². The van der Waals surface area contributed by atoms with Gasteiger partial charge in [-0.15, -0.1) is 0 Å². The van der Waals surface area contributed by atoms with Crippen molar-refractivity contribution in [2.75, 3.05) is 19.0 Å². The van der Waals surface area contributed by atoms with Crippen molar-refractivity contribution >= 4 is 33.2 Å². The molecule has 1 amide bonds. The predicted molar refractivity (Wildman–Crippen MR) is 125 cm³/mol. The molecule has 2 N–H and O–H groups in total. The Morgan fingerprint density at radius 1 is 1.09 bits per heavy atom. The van der Waals surface area contributed by atoms with Crippen molar-refractivity contribution in [2.45, 2.75) is 55.1 Å². The minimum atomic E-state index is -3.62. The van der Waals surface area contributed by atoms with Crippen LogP contribution in [0.4, 0.5) is 5.69 Å². The van der Waals surface area contributed by atoms with E-state index in [0.717, 1.165) is 19.3 Å². The summed E-state index contributed by atoms with van der Waals surface area (Å²) in [4.78, 5) is 15.1. The zero-order valence-electron chi connectivity index (χ0n) is 18.0. The van der Waals surface area contributed by atoms with Crippen LogP contribution in [0.2, 0.25) is 5.02 Å². The second-order valence-electron chi connectivity index (χ2n) is 8.40. The molecule has 2 aromatic carbocycles. The number of rotatable bonds is 7. The highest BCUT2D eigenvalue weighted by Gasteiger charge is 2.40. The summed E-state index contributed by atoms with van der Waals surface area (Å²) in [5.41, 5.74) is 0.603. The first-order valence-electron chi connectivity index (χ1n) is 10.8. The number of benzene rings is 2. The van der Waals surface area contributed by atoms with Crippen molar-refractivity contribution in [1.29, 1.82) is 0 Å². The van der Waals surface area contributed by atoms with Crippen LogP contribution in [-0.2, 0) is 14.8 Å². The molecule has 2 heterocycles. The molecule has 2 atom stereocenters. The SMILES string of the molecule is COc1ccc(S(=O)(=O)NC2CC3CCCC(C2)N3CC(=O)Nc2ccccc2Cl)cc1. The molecule has 2 aliphatic rings. The van der Waals surface area contributed by atoms with E-state index in [4.69, 9.17) is 16.3 Å². The second-order valence-corrected chi connectivity index (χ2v) is 10.5. The third-order valence-electron chi connectivity index (χ3n) is 6.29. The van der Waals surface area contributed by atoms with Crippen LogP contribution in [0.15, 0.2) is 53.4 Å². The maximum atomic E-state index is 12.9. The monoisotopic (exact) mass is 477 g/mol. The van der Waals surface area contributed by atoms with E-state index in [9.17, 15) is 13.2 Å². The lowest BCUT2D eigenvalue weighted by Gasteiger charge is -2.48. The van der Waals surface area contributed by atoms with Crippen molar-refractivity contribution in [3.63, 3.8) is 0 Å². The lowest BCUT2D eigenvalue weighted by atomic mass is 9.82. The van der Waals surface area contributed by atoms with Crippen molar-refractivity contribution < 1.29 is 17.9 Å². The number of carbonyl (C=O) groups is 1. The zero-order chi connectivity index (χ0) is 22.7. The van der Waals surface area contributed by atoms with E-state index in [1.54, 1.807) is 43.5 Å². The standard InChI is InChI=1S/C23H28ClN3O4S/c1-31-19-9-11-20(12-10-19)32(29,30)26-16-13-17-5-4-6-18(14-16)27(17)15-23(28)25-22-8-3-2-7-21(22)24/h2-3,7-12,16-18,26H,4-6,13-15H2,1H3,(H,25,28). The lowest BCUT2D eigenvalue weighted by molar-refractivity contribution is -0.120. The molecule has 0 aromatic heterocycles. The maximum Gasteiger partial charge on any atom is 0.240 e. The largest absolute Gasteiger partial charge is 0.497 e. The number of fused-ring (bicyclic) bond motifs is 2. The molecule has 0 spiro atoms. The van der Waals surface area contributed by atoms with Crippen molar-refractivity contribution in [3.05, 3.63) is 53.6 Å². The Hall–Kier alpha value is -2.13. The van der Waals surface area contributed by atoms with E-state index >= 15 is 0 Å². The Kier molecular flexibility index (Phi) is 7.05. The van der Waals surface area contributed by atoms with Gasteiger partial charge in [0.05, 0.1) is 29.3 Å². The molecule has 0 radical (unpaired) electrons. The summed E-state index contributed by atoms with van der Waals surface area (Å²) >= 11 is 6.15. The first-order chi connectivity index (χ1) is 15.4. The highest BCUT2D eigenvalue weighted by molar-refractivity contribution is 7.89. The Bertz CT molecular complexity index is 1050. The highest BCUT2D eigenvalue weighted by atomic mass is 35.5. The average molecular weight is 478 g/mol. The van der Waals surface area contributed by atoms with Crippen LogP contribution in [0.25, 0.3) is 0 Å². The van der Waals surface area contributed by atoms with Crippen LogP contribution < -0.4 is 14.8 Å². The number of sulfonamides is 1. The number of para-hydroxylation sites is 1. The van der Waals surface area contributed by atoms with Gasteiger partial charge in [0.1, 0.15) is 5.75 Å². The smallest absolute Gasteiger partial charge is 0.240 e. The van der Waals surface area contributed by atoms with Gasteiger partial charge in [0.15, 0.2) is 0 Å². The number of ether oxygens (including phenoxy) is 1. The number of nitrogens with one attached hydrogen (secondary N) is 2. The zero-order valence-corrected chi connectivity index (χ0v) is 19.5. The number of nitrogens with zero attached hydrogens (tertiary/aromatic N) is 1. The van der Waals surface area contributed by atoms with Crippen LogP contribution in [0.3, 0.4) is 0 Å². The van der Waals surface area contributed by atoms with Gasteiger partial charge < -0.3 is 10.1 Å². The number of anilines is 1. The van der Waals surface area contributed by atoms with Gasteiger partial charge in [-0.3, -0.25) is 9.69 Å². The van der Waals surface area contributed by atoms with Crippen LogP contribution in [0, 0.1) is 0 Å². The summed E-state index contributed by atoms with van der Waals surface area (Å²) in [5.74, 6) is 0.508. The number of amides is 1. The molecule has 2 saturated heterocycles. The molecule has 172 valence electrons. The fourth-order valence-corrected chi connectivity index (χ4v) is 6.24. The number of carbonyl (C=O) groups excluding carboxylic acids is 1. The predicted octanol–water partition coefficient (Wildman–Crippen LogP) is 3.65. The number of hydrogen-bond donors (Lipinski definition) is 2. The van der Waals surface area contributed by atoms with Crippen molar-refractivity contribution in [2.24, 2.45) is 0 Å². The Labute approximate surface area is 194 Å². The molecular formula is C23H28ClN3O4S. The van der Waals surface area contributed by atoms with Gasteiger partial charge in [0.2, 0.25) is 15.9 Å². The van der Waals surface area contributed by atoms with Gasteiger partial charge in [0.25, 0.3) is 0 Å². The first kappa shape index (κ1) is 23.0. The van der Waals surface area contributed by atoms with Gasteiger partial charge in [0, 0.05) is 18.1 Å². The summed E-state index contributed by atoms with van der Waals surface area (Å²) in [6, 6.07) is 13.7. The molecule has 9 heteroatoms. The summed E-state index contributed by atoms with van der Waals surface area (Å²) in [6.45, 7) is 0.276. The van der Waals surface area contributed by atoms with Gasteiger partial charge in [-0.25, -0.2) is 13.1 Å². The fourth-order valence-electron chi connectivity index (χ4n) is 4.79. The Balaban J connectivity index is 1.39. The van der Waals surface area contributed by atoms with E-state index in [1.165, 1.54) is 0 Å². The average Bonchev–Trinajstić information content (AvgIpc) is 2.76. The molecule has 0 saturated carbocycles. The Morgan fingerprint density at radius 3 is 2.38 bits per heavy atom. The van der Waals surface area contributed by atoms with Gasteiger partial charge >= 0.3 is 0 Å². The molecule has 7 nitrogen and oxygen atoms in total. The number of piperidine rings is 2. The normalized spacial score (nSPS) is 23.5. The van der Waals surface area contributed by atoms with Crippen LogP contribution in [0.1, 0.15) is 32.1 Å². The topological polar surface area (TPSA) is 87.7 Å². The highest BCUT2D eigenvalue weighted by Crippen LogP contribution is 2.34. The van der Waals surface area contributed by atoms with Gasteiger partial charge in [-0.1, -0.05) is 30.2 Å². The maximum absolute atomic E-state index is 12.9. The summed E-state index contributed by atoms with van der Waals surface area (Å²) in [5, 5.41) is 3.40. The van der Waals surface area contributed by atoms with Crippen molar-refractivity contribution in [3.8, 4) is 5.75 Å². The molecule has 2 fully saturated rings. The molecule has 2 unspecified atom stereocenters. The van der Waals surface area contributed by atoms with Gasteiger partial charge in [-0.2, -0.15) is 0 Å². The minimum absolute atomic E-state index is 0.104. The second kappa shape index (κ2) is 9.79. The molecule has 2 aliphatic heterocycles. The molecule has 2 bridgehead atoms. The summed E-state index contributed by atoms with van der Waals surface area (Å²) < 4.78 is 33.7. The number of halogens is 1. The van der Waals surface area contributed by atoms with E-state index < -0.39 is 10.0 Å². The molecule has 4 rings (SSSR count). The first-order valence-corrected chi connectivity index (χ1v) is 12.7. The third-order valence-corrected chi connectivity index (χ3v) is 8.16. The quantitative estimate of drug-likeness (QED) is 0.635. The van der Waals surface area contributed by atoms with Crippen LogP contribution >= 0.6 is 11.6 Å². The summed E-state index contributed by atoms with van der Waals surface area (Å²) in [6.07, 6.45) is 4.37. The van der Waals surface area contributed by atoms with E-state index in [1.807, 2.05) is 12.1 Å². The molecular weight excluding hydrogens is 450 g/mol.